The molecule has 29 heavy (non-hydrogen) atoms. The summed E-state index contributed by atoms with van der Waals surface area (Å²) in [6.07, 6.45) is 5.29. The van der Waals surface area contributed by atoms with Crippen molar-refractivity contribution in [2.75, 3.05) is 26.4 Å². The van der Waals surface area contributed by atoms with Crippen molar-refractivity contribution in [3.05, 3.63) is 50.6 Å². The van der Waals surface area contributed by atoms with Gasteiger partial charge in [0.05, 0.1) is 23.7 Å². The summed E-state index contributed by atoms with van der Waals surface area (Å²) in [5.74, 6) is -7.87. The second kappa shape index (κ2) is 12.3. The van der Waals surface area contributed by atoms with Gasteiger partial charge in [0.1, 0.15) is 26.4 Å². The maximum absolute atomic E-state index is 12.7. The molecule has 158 valence electrons. The van der Waals surface area contributed by atoms with Crippen LogP contribution in [0.3, 0.4) is 0 Å². The highest BCUT2D eigenvalue weighted by atomic mass is 16.6. The maximum atomic E-state index is 12.7. The van der Waals surface area contributed by atoms with Crippen LogP contribution in [-0.4, -0.2) is 50.3 Å². The van der Waals surface area contributed by atoms with Crippen LogP contribution in [0.5, 0.6) is 0 Å². The molecule has 0 bridgehead atoms. The van der Waals surface area contributed by atoms with Crippen LogP contribution in [0.25, 0.3) is 0 Å². The SMILES string of the molecule is C=CCOC(=O)C1C[C@@H](C(=O)OCC=C)[C@H](C(=O)OCC=C)C1C(=O)OCC=C. The largest absolute Gasteiger partial charge is 0.461 e. The van der Waals surface area contributed by atoms with Crippen molar-refractivity contribution >= 4 is 23.9 Å². The molecule has 1 rings (SSSR count). The number of carbonyl (C=O) groups is 4. The van der Waals surface area contributed by atoms with Crippen molar-refractivity contribution in [2.24, 2.45) is 23.7 Å². The van der Waals surface area contributed by atoms with Gasteiger partial charge >= 0.3 is 23.9 Å². The molecule has 8 nitrogen and oxygen atoms in total. The first-order valence-corrected chi connectivity index (χ1v) is 9.02. The molecule has 0 amide bonds. The highest BCUT2D eigenvalue weighted by molar-refractivity contribution is 5.93. The lowest BCUT2D eigenvalue weighted by atomic mass is 9.86. The molecule has 0 aromatic rings. The average molecular weight is 406 g/mol. The van der Waals surface area contributed by atoms with E-state index in [0.717, 1.165) is 0 Å². The van der Waals surface area contributed by atoms with Gasteiger partial charge in [0.15, 0.2) is 0 Å². The Kier molecular flexibility index (Phi) is 10.2. The predicted octanol–water partition coefficient (Wildman–Crippen LogP) is 1.77. The molecular formula is C21H26O8. The van der Waals surface area contributed by atoms with E-state index in [4.69, 9.17) is 18.9 Å². The van der Waals surface area contributed by atoms with Crippen LogP contribution in [0.1, 0.15) is 6.42 Å². The van der Waals surface area contributed by atoms with Crippen molar-refractivity contribution in [3.63, 3.8) is 0 Å². The van der Waals surface area contributed by atoms with Crippen molar-refractivity contribution in [2.45, 2.75) is 6.42 Å². The summed E-state index contributed by atoms with van der Waals surface area (Å²) in [7, 11) is 0. The lowest BCUT2D eigenvalue weighted by Crippen LogP contribution is -2.38. The fourth-order valence-corrected chi connectivity index (χ4v) is 3.15. The number of carbonyl (C=O) groups excluding carboxylic acids is 4. The van der Waals surface area contributed by atoms with E-state index >= 15 is 0 Å². The predicted molar refractivity (Wildman–Crippen MR) is 103 cm³/mol. The fraction of sp³-hybridized carbons (Fsp3) is 0.429. The molecule has 0 heterocycles. The van der Waals surface area contributed by atoms with Gasteiger partial charge in [-0.1, -0.05) is 50.6 Å². The van der Waals surface area contributed by atoms with E-state index in [2.05, 4.69) is 26.3 Å². The number of ether oxygens (including phenoxy) is 4. The summed E-state index contributed by atoms with van der Waals surface area (Å²) < 4.78 is 20.3. The monoisotopic (exact) mass is 406 g/mol. The first-order chi connectivity index (χ1) is 13.9. The van der Waals surface area contributed by atoms with Gasteiger partial charge in [0.25, 0.3) is 0 Å². The Labute approximate surface area is 169 Å². The maximum Gasteiger partial charge on any atom is 0.311 e. The molecule has 4 atom stereocenters. The second-order valence-corrected chi connectivity index (χ2v) is 6.18. The summed E-state index contributed by atoms with van der Waals surface area (Å²) in [6, 6.07) is 0. The lowest BCUT2D eigenvalue weighted by Gasteiger charge is -2.22. The normalized spacial score (nSPS) is 22.6. The van der Waals surface area contributed by atoms with Crippen molar-refractivity contribution in [1.82, 2.24) is 0 Å². The Balaban J connectivity index is 3.28. The molecule has 8 heteroatoms. The summed E-state index contributed by atoms with van der Waals surface area (Å²) in [4.78, 5) is 50.4. The van der Waals surface area contributed by atoms with Crippen LogP contribution in [0.4, 0.5) is 0 Å². The molecule has 0 radical (unpaired) electrons. The van der Waals surface area contributed by atoms with Crippen LogP contribution >= 0.6 is 0 Å². The Bertz CT molecular complexity index is 610. The topological polar surface area (TPSA) is 105 Å². The van der Waals surface area contributed by atoms with Gasteiger partial charge in [-0.25, -0.2) is 0 Å². The quantitative estimate of drug-likeness (QED) is 0.274. The number of esters is 4. The van der Waals surface area contributed by atoms with E-state index < -0.39 is 47.5 Å². The van der Waals surface area contributed by atoms with E-state index in [1.807, 2.05) is 0 Å². The van der Waals surface area contributed by atoms with E-state index in [-0.39, 0.29) is 32.8 Å². The first kappa shape index (κ1) is 23.9. The minimum absolute atomic E-state index is 0.0824. The summed E-state index contributed by atoms with van der Waals surface area (Å²) in [5.41, 5.74) is 0. The van der Waals surface area contributed by atoms with E-state index in [1.54, 1.807) is 0 Å². The molecule has 1 aliphatic carbocycles. The molecule has 1 fully saturated rings. The Morgan fingerprint density at radius 3 is 1.14 bits per heavy atom. The molecule has 1 aliphatic rings. The average Bonchev–Trinajstić information content (AvgIpc) is 3.13. The third-order valence-electron chi connectivity index (χ3n) is 4.29. The van der Waals surface area contributed by atoms with Crippen LogP contribution < -0.4 is 0 Å². The fourth-order valence-electron chi connectivity index (χ4n) is 3.15. The molecular weight excluding hydrogens is 380 g/mol. The second-order valence-electron chi connectivity index (χ2n) is 6.18. The Morgan fingerprint density at radius 1 is 0.586 bits per heavy atom. The molecule has 0 N–H and O–H groups in total. The van der Waals surface area contributed by atoms with Crippen LogP contribution in [0.15, 0.2) is 50.6 Å². The summed E-state index contributed by atoms with van der Waals surface area (Å²) in [5, 5.41) is 0. The Hall–Kier alpha value is -3.16. The molecule has 0 aliphatic heterocycles. The van der Waals surface area contributed by atoms with Gasteiger partial charge in [-0.3, -0.25) is 19.2 Å². The summed E-state index contributed by atoms with van der Waals surface area (Å²) >= 11 is 0. The number of hydrogen-bond donors (Lipinski definition) is 0. The standard InChI is InChI=1S/C21H26O8/c1-5-9-26-18(22)14-13-15(19(23)27-10-6-2)17(21(25)29-12-8-4)16(14)20(24)28-11-7-3/h5-8,14-17H,1-4,9-13H2/t14-,15?,16+,17?/m1/s1. The highest BCUT2D eigenvalue weighted by Gasteiger charge is 2.58. The molecule has 0 saturated heterocycles. The van der Waals surface area contributed by atoms with Crippen molar-refractivity contribution < 1.29 is 38.1 Å². The minimum atomic E-state index is -1.27. The van der Waals surface area contributed by atoms with Crippen molar-refractivity contribution in [3.8, 4) is 0 Å². The smallest absolute Gasteiger partial charge is 0.311 e. The molecule has 2 unspecified atom stereocenters. The number of rotatable bonds is 12. The molecule has 1 saturated carbocycles. The van der Waals surface area contributed by atoms with Crippen molar-refractivity contribution in [1.29, 1.82) is 0 Å². The third-order valence-corrected chi connectivity index (χ3v) is 4.29. The van der Waals surface area contributed by atoms with Gasteiger partial charge in [0, 0.05) is 0 Å². The zero-order valence-corrected chi connectivity index (χ0v) is 16.2. The van der Waals surface area contributed by atoms with Gasteiger partial charge in [-0.15, -0.1) is 0 Å². The van der Waals surface area contributed by atoms with Crippen LogP contribution in [-0.2, 0) is 38.1 Å². The van der Waals surface area contributed by atoms with Gasteiger partial charge in [0.2, 0.25) is 0 Å². The van der Waals surface area contributed by atoms with E-state index in [1.165, 1.54) is 24.3 Å². The lowest BCUT2D eigenvalue weighted by molar-refractivity contribution is -0.167. The zero-order valence-electron chi connectivity index (χ0n) is 16.2. The van der Waals surface area contributed by atoms with E-state index in [0.29, 0.717) is 0 Å². The van der Waals surface area contributed by atoms with E-state index in [9.17, 15) is 19.2 Å². The highest BCUT2D eigenvalue weighted by Crippen LogP contribution is 2.44. The Morgan fingerprint density at radius 2 is 0.862 bits per heavy atom. The zero-order chi connectivity index (χ0) is 21.8. The van der Waals surface area contributed by atoms with Gasteiger partial charge < -0.3 is 18.9 Å². The van der Waals surface area contributed by atoms with Crippen LogP contribution in [0.2, 0.25) is 0 Å². The third kappa shape index (κ3) is 6.44. The van der Waals surface area contributed by atoms with Gasteiger partial charge in [-0.05, 0) is 6.42 Å². The first-order valence-electron chi connectivity index (χ1n) is 9.02. The summed E-state index contributed by atoms with van der Waals surface area (Å²) in [6.45, 7) is 13.4. The molecule has 0 aromatic carbocycles. The molecule has 0 aromatic heterocycles. The molecule has 0 spiro atoms. The number of hydrogen-bond acceptors (Lipinski definition) is 8. The van der Waals surface area contributed by atoms with Gasteiger partial charge in [-0.2, -0.15) is 0 Å². The van der Waals surface area contributed by atoms with Crippen LogP contribution in [0, 0.1) is 23.7 Å². The minimum Gasteiger partial charge on any atom is -0.461 e.